The summed E-state index contributed by atoms with van der Waals surface area (Å²) >= 11 is 0. The van der Waals surface area contributed by atoms with Gasteiger partial charge in [0, 0.05) is 20.2 Å². The summed E-state index contributed by atoms with van der Waals surface area (Å²) in [6, 6.07) is 5.11. The van der Waals surface area contributed by atoms with Crippen LogP contribution in [-0.2, 0) is 24.0 Å². The van der Waals surface area contributed by atoms with Crippen molar-refractivity contribution < 1.29 is 22.4 Å². The molecular formula is C17H22F3N5O2. The van der Waals surface area contributed by atoms with Gasteiger partial charge < -0.3 is 19.9 Å². The van der Waals surface area contributed by atoms with Gasteiger partial charge in [-0.2, -0.15) is 18.2 Å². The number of benzene rings is 1. The smallest absolute Gasteiger partial charge is 0.371 e. The second-order valence-electron chi connectivity index (χ2n) is 5.62. The van der Waals surface area contributed by atoms with Crippen LogP contribution in [0, 0.1) is 0 Å². The monoisotopic (exact) mass is 385 g/mol. The van der Waals surface area contributed by atoms with Crippen LogP contribution in [-0.4, -0.2) is 29.8 Å². The Balaban J connectivity index is 1.88. The van der Waals surface area contributed by atoms with Crippen LogP contribution >= 0.6 is 0 Å². The molecule has 0 radical (unpaired) electrons. The summed E-state index contributed by atoms with van der Waals surface area (Å²) in [7, 11) is 1.55. The fourth-order valence-electron chi connectivity index (χ4n) is 2.25. The number of nitrogens with zero attached hydrogens (tertiary/aromatic N) is 3. The van der Waals surface area contributed by atoms with E-state index < -0.39 is 11.7 Å². The van der Waals surface area contributed by atoms with Gasteiger partial charge in [-0.15, -0.1) is 0 Å². The van der Waals surface area contributed by atoms with Crippen LogP contribution in [0.25, 0.3) is 0 Å². The lowest BCUT2D eigenvalue weighted by atomic mass is 10.1. The van der Waals surface area contributed by atoms with Gasteiger partial charge in [-0.05, 0) is 31.5 Å². The third-order valence-electron chi connectivity index (χ3n) is 3.61. The summed E-state index contributed by atoms with van der Waals surface area (Å²) in [6.07, 6.45) is -4.64. The van der Waals surface area contributed by atoms with Gasteiger partial charge in [0.05, 0.1) is 12.1 Å². The highest BCUT2D eigenvalue weighted by Gasteiger charge is 2.30. The number of aliphatic imine (C=N–C) groups is 1. The van der Waals surface area contributed by atoms with Crippen LogP contribution in [0.3, 0.4) is 0 Å². The molecule has 0 bridgehead atoms. The molecule has 1 aromatic heterocycles. The molecule has 0 aliphatic carbocycles. The van der Waals surface area contributed by atoms with E-state index in [2.05, 4.69) is 25.8 Å². The van der Waals surface area contributed by atoms with Gasteiger partial charge in [0.1, 0.15) is 6.10 Å². The van der Waals surface area contributed by atoms with Gasteiger partial charge in [-0.1, -0.05) is 17.3 Å². The van der Waals surface area contributed by atoms with Crippen LogP contribution in [0.2, 0.25) is 0 Å². The summed E-state index contributed by atoms with van der Waals surface area (Å²) in [5.41, 5.74) is -0.204. The van der Waals surface area contributed by atoms with Gasteiger partial charge in [-0.3, -0.25) is 4.99 Å². The maximum absolute atomic E-state index is 12.8. The van der Waals surface area contributed by atoms with Crippen molar-refractivity contribution in [3.05, 3.63) is 47.1 Å². The van der Waals surface area contributed by atoms with Crippen molar-refractivity contribution in [1.29, 1.82) is 0 Å². The number of ether oxygens (including phenoxy) is 1. The lowest BCUT2D eigenvalue weighted by molar-refractivity contribution is -0.137. The van der Waals surface area contributed by atoms with Gasteiger partial charge in [0.25, 0.3) is 0 Å². The maximum Gasteiger partial charge on any atom is 0.416 e. The van der Waals surface area contributed by atoms with E-state index in [0.29, 0.717) is 29.8 Å². The summed E-state index contributed by atoms with van der Waals surface area (Å²) < 4.78 is 48.8. The van der Waals surface area contributed by atoms with Gasteiger partial charge in [0.15, 0.2) is 11.8 Å². The molecule has 0 aliphatic heterocycles. The molecule has 0 aliphatic rings. The molecule has 148 valence electrons. The minimum absolute atomic E-state index is 0.181. The SMILES string of the molecule is CCOC(C)c1noc(CNC(=NC)NCc2cccc(C(F)(F)F)c2)n1. The van der Waals surface area contributed by atoms with Gasteiger partial charge >= 0.3 is 6.18 Å². The van der Waals surface area contributed by atoms with Crippen molar-refractivity contribution in [3.8, 4) is 0 Å². The molecule has 0 spiro atoms. The largest absolute Gasteiger partial charge is 0.416 e. The molecule has 1 atom stereocenters. The van der Waals surface area contributed by atoms with E-state index in [0.717, 1.165) is 12.1 Å². The van der Waals surface area contributed by atoms with Crippen molar-refractivity contribution in [2.24, 2.45) is 4.99 Å². The summed E-state index contributed by atoms with van der Waals surface area (Å²) in [6.45, 7) is 4.63. The average Bonchev–Trinajstić information content (AvgIpc) is 3.11. The quantitative estimate of drug-likeness (QED) is 0.563. The van der Waals surface area contributed by atoms with Crippen molar-refractivity contribution in [2.45, 2.75) is 39.2 Å². The summed E-state index contributed by atoms with van der Waals surface area (Å²) in [4.78, 5) is 8.24. The number of hydrogen-bond acceptors (Lipinski definition) is 5. The Morgan fingerprint density at radius 1 is 1.30 bits per heavy atom. The van der Waals surface area contributed by atoms with E-state index in [-0.39, 0.29) is 19.2 Å². The lowest BCUT2D eigenvalue weighted by Gasteiger charge is -2.12. The third-order valence-corrected chi connectivity index (χ3v) is 3.61. The van der Waals surface area contributed by atoms with E-state index in [1.54, 1.807) is 13.1 Å². The number of guanidine groups is 1. The molecule has 0 fully saturated rings. The lowest BCUT2D eigenvalue weighted by Crippen LogP contribution is -2.36. The normalized spacial score (nSPS) is 13.5. The first-order valence-electron chi connectivity index (χ1n) is 8.38. The zero-order valence-electron chi connectivity index (χ0n) is 15.3. The van der Waals surface area contributed by atoms with E-state index in [1.165, 1.54) is 6.07 Å². The molecule has 2 aromatic rings. The number of halogens is 3. The number of rotatable bonds is 7. The summed E-state index contributed by atoms with van der Waals surface area (Å²) in [5.74, 6) is 1.18. The Labute approximate surface area is 155 Å². The average molecular weight is 385 g/mol. The molecule has 1 unspecified atom stereocenters. The molecule has 10 heteroatoms. The van der Waals surface area contributed by atoms with Crippen molar-refractivity contribution in [3.63, 3.8) is 0 Å². The van der Waals surface area contributed by atoms with Crippen molar-refractivity contribution in [1.82, 2.24) is 20.8 Å². The van der Waals surface area contributed by atoms with Gasteiger partial charge in [0.2, 0.25) is 5.89 Å². The second kappa shape index (κ2) is 9.36. The molecule has 0 saturated carbocycles. The highest BCUT2D eigenvalue weighted by molar-refractivity contribution is 5.79. The predicted molar refractivity (Wildman–Crippen MR) is 92.8 cm³/mol. The molecule has 2 N–H and O–H groups in total. The van der Waals surface area contributed by atoms with Crippen LogP contribution in [0.5, 0.6) is 0 Å². The summed E-state index contributed by atoms with van der Waals surface area (Å²) in [5, 5.41) is 9.75. The molecular weight excluding hydrogens is 363 g/mol. The number of nitrogens with one attached hydrogen (secondary N) is 2. The number of aromatic nitrogens is 2. The number of alkyl halides is 3. The first kappa shape index (κ1) is 20.7. The van der Waals surface area contributed by atoms with E-state index in [1.807, 2.05) is 13.8 Å². The minimum Gasteiger partial charge on any atom is -0.371 e. The first-order chi connectivity index (χ1) is 12.8. The highest BCUT2D eigenvalue weighted by Crippen LogP contribution is 2.29. The second-order valence-corrected chi connectivity index (χ2v) is 5.62. The molecule has 0 amide bonds. The van der Waals surface area contributed by atoms with Crippen LogP contribution in [0.15, 0.2) is 33.8 Å². The molecule has 1 aromatic carbocycles. The van der Waals surface area contributed by atoms with E-state index in [9.17, 15) is 13.2 Å². The Kier molecular flexibility index (Phi) is 7.17. The predicted octanol–water partition coefficient (Wildman–Crippen LogP) is 3.05. The Morgan fingerprint density at radius 2 is 2.04 bits per heavy atom. The van der Waals surface area contributed by atoms with Crippen LogP contribution in [0.4, 0.5) is 13.2 Å². The third kappa shape index (κ3) is 6.24. The fourth-order valence-corrected chi connectivity index (χ4v) is 2.25. The standard InChI is InChI=1S/C17H22F3N5O2/c1-4-26-11(2)15-24-14(27-25-15)10-23-16(21-3)22-9-12-6-5-7-13(8-12)17(18,19)20/h5-8,11H,4,9-10H2,1-3H3,(H2,21,22,23). The molecule has 7 nitrogen and oxygen atoms in total. The fraction of sp³-hybridized carbons (Fsp3) is 0.471. The topological polar surface area (TPSA) is 84.6 Å². The Hall–Kier alpha value is -2.62. The highest BCUT2D eigenvalue weighted by atomic mass is 19.4. The minimum atomic E-state index is -4.37. The van der Waals surface area contributed by atoms with Crippen molar-refractivity contribution >= 4 is 5.96 Å². The number of hydrogen-bond donors (Lipinski definition) is 2. The molecule has 1 heterocycles. The van der Waals surface area contributed by atoms with Crippen molar-refractivity contribution in [2.75, 3.05) is 13.7 Å². The first-order valence-corrected chi connectivity index (χ1v) is 8.38. The molecule has 0 saturated heterocycles. The zero-order chi connectivity index (χ0) is 19.9. The van der Waals surface area contributed by atoms with Crippen LogP contribution in [0.1, 0.15) is 42.8 Å². The van der Waals surface area contributed by atoms with E-state index in [4.69, 9.17) is 9.26 Å². The van der Waals surface area contributed by atoms with Crippen LogP contribution < -0.4 is 10.6 Å². The molecule has 27 heavy (non-hydrogen) atoms. The van der Waals surface area contributed by atoms with E-state index >= 15 is 0 Å². The zero-order valence-corrected chi connectivity index (χ0v) is 15.3. The Bertz CT molecular complexity index is 761. The Morgan fingerprint density at radius 3 is 2.70 bits per heavy atom. The molecule has 2 rings (SSSR count). The van der Waals surface area contributed by atoms with Gasteiger partial charge in [-0.25, -0.2) is 0 Å². The maximum atomic E-state index is 12.8.